The van der Waals surface area contributed by atoms with Crippen molar-refractivity contribution >= 4 is 17.7 Å². The predicted molar refractivity (Wildman–Crippen MR) is 67.6 cm³/mol. The Kier molecular flexibility index (Phi) is 6.84. The van der Waals surface area contributed by atoms with Crippen LogP contribution in [0.2, 0.25) is 0 Å². The van der Waals surface area contributed by atoms with Crippen molar-refractivity contribution in [3.63, 3.8) is 0 Å². The maximum atomic E-state index is 11.0. The van der Waals surface area contributed by atoms with E-state index in [0.717, 1.165) is 12.3 Å². The van der Waals surface area contributed by atoms with Gasteiger partial charge in [-0.3, -0.25) is 4.79 Å². The topological polar surface area (TPSA) is 55.6 Å². The Labute approximate surface area is 102 Å². The summed E-state index contributed by atoms with van der Waals surface area (Å²) >= 11 is 1.73. The third-order valence-electron chi connectivity index (χ3n) is 2.80. The van der Waals surface area contributed by atoms with Gasteiger partial charge in [-0.15, -0.1) is 0 Å². The summed E-state index contributed by atoms with van der Waals surface area (Å²) in [5.41, 5.74) is 5.64. The Bertz CT molecular complexity index is 208. The maximum absolute atomic E-state index is 11.0. The molecular formula is C11H22N2O2S. The van der Waals surface area contributed by atoms with E-state index >= 15 is 0 Å². The summed E-state index contributed by atoms with van der Waals surface area (Å²) in [6.07, 6.45) is 4.02. The minimum atomic E-state index is -0.476. The summed E-state index contributed by atoms with van der Waals surface area (Å²) < 4.78 is 4.57. The zero-order valence-corrected chi connectivity index (χ0v) is 10.8. The number of piperidine rings is 1. The molecule has 0 radical (unpaired) electrons. The lowest BCUT2D eigenvalue weighted by Gasteiger charge is -2.26. The van der Waals surface area contributed by atoms with Gasteiger partial charge in [0.25, 0.3) is 0 Å². The number of likely N-dealkylation sites (tertiary alicyclic amines) is 1. The second-order valence-corrected chi connectivity index (χ2v) is 5.26. The molecule has 0 spiro atoms. The van der Waals surface area contributed by atoms with Gasteiger partial charge in [-0.05, 0) is 25.9 Å². The molecule has 1 saturated heterocycles. The fourth-order valence-corrected chi connectivity index (χ4v) is 2.75. The fraction of sp³-hybridized carbons (Fsp3) is 0.909. The van der Waals surface area contributed by atoms with Crippen molar-refractivity contribution < 1.29 is 9.53 Å². The van der Waals surface area contributed by atoms with E-state index in [0.29, 0.717) is 5.75 Å². The molecule has 0 aromatic heterocycles. The Morgan fingerprint density at radius 2 is 2.12 bits per heavy atom. The molecule has 0 aliphatic carbocycles. The molecule has 1 heterocycles. The minimum Gasteiger partial charge on any atom is -0.468 e. The lowest BCUT2D eigenvalue weighted by molar-refractivity contribution is -0.141. The Hall–Kier alpha value is -0.260. The van der Waals surface area contributed by atoms with Crippen LogP contribution >= 0.6 is 11.8 Å². The quantitative estimate of drug-likeness (QED) is 0.552. The van der Waals surface area contributed by atoms with Gasteiger partial charge in [0, 0.05) is 18.1 Å². The van der Waals surface area contributed by atoms with Crippen molar-refractivity contribution in [1.29, 1.82) is 0 Å². The molecule has 0 amide bonds. The molecule has 1 aliphatic heterocycles. The van der Waals surface area contributed by atoms with Crippen molar-refractivity contribution in [3.05, 3.63) is 0 Å². The van der Waals surface area contributed by atoms with Crippen molar-refractivity contribution in [3.8, 4) is 0 Å². The molecule has 0 aromatic carbocycles. The highest BCUT2D eigenvalue weighted by atomic mass is 32.2. The van der Waals surface area contributed by atoms with Gasteiger partial charge in [-0.25, -0.2) is 0 Å². The fourth-order valence-electron chi connectivity index (χ4n) is 1.81. The molecule has 0 saturated carbocycles. The van der Waals surface area contributed by atoms with E-state index in [1.54, 1.807) is 11.8 Å². The summed E-state index contributed by atoms with van der Waals surface area (Å²) in [5.74, 6) is 1.39. The van der Waals surface area contributed by atoms with Crippen LogP contribution in [-0.4, -0.2) is 55.2 Å². The number of ether oxygens (including phenoxy) is 1. The average Bonchev–Trinajstić information content (AvgIpc) is 2.34. The summed E-state index contributed by atoms with van der Waals surface area (Å²) in [7, 11) is 1.38. The largest absolute Gasteiger partial charge is 0.468 e. The van der Waals surface area contributed by atoms with Crippen molar-refractivity contribution in [2.75, 3.05) is 38.2 Å². The smallest absolute Gasteiger partial charge is 0.323 e. The van der Waals surface area contributed by atoms with Crippen molar-refractivity contribution in [2.45, 2.75) is 25.3 Å². The number of methoxy groups -OCH3 is 1. The molecule has 16 heavy (non-hydrogen) atoms. The second kappa shape index (κ2) is 7.92. The first-order valence-corrected chi connectivity index (χ1v) is 7.03. The predicted octanol–water partition coefficient (Wildman–Crippen LogP) is 0.706. The second-order valence-electron chi connectivity index (χ2n) is 4.11. The van der Waals surface area contributed by atoms with Gasteiger partial charge >= 0.3 is 5.97 Å². The van der Waals surface area contributed by atoms with Crippen LogP contribution in [-0.2, 0) is 9.53 Å². The number of nitrogens with zero attached hydrogens (tertiary/aromatic N) is 1. The van der Waals surface area contributed by atoms with Crippen LogP contribution in [0.1, 0.15) is 19.3 Å². The standard InChI is InChI=1S/C11H22N2O2S/c1-15-11(14)10(12)9-16-8-7-13-5-3-2-4-6-13/h10H,2-9,12H2,1H3. The number of carbonyl (C=O) groups is 1. The molecule has 0 aromatic rings. The molecule has 1 unspecified atom stereocenters. The average molecular weight is 246 g/mol. The van der Waals surface area contributed by atoms with Gasteiger partial charge < -0.3 is 15.4 Å². The molecule has 5 heteroatoms. The van der Waals surface area contributed by atoms with Crippen LogP contribution in [0.15, 0.2) is 0 Å². The van der Waals surface area contributed by atoms with E-state index in [1.165, 1.54) is 39.5 Å². The van der Waals surface area contributed by atoms with Crippen LogP contribution in [0.3, 0.4) is 0 Å². The van der Waals surface area contributed by atoms with Crippen LogP contribution in [0, 0.1) is 0 Å². The van der Waals surface area contributed by atoms with E-state index in [9.17, 15) is 4.79 Å². The molecule has 1 fully saturated rings. The zero-order chi connectivity index (χ0) is 11.8. The van der Waals surface area contributed by atoms with Crippen LogP contribution in [0.25, 0.3) is 0 Å². The normalized spacial score (nSPS) is 19.4. The summed E-state index contributed by atoms with van der Waals surface area (Å²) in [5, 5.41) is 0. The van der Waals surface area contributed by atoms with Gasteiger partial charge in [0.1, 0.15) is 6.04 Å². The Balaban J connectivity index is 2.00. The SMILES string of the molecule is COC(=O)C(N)CSCCN1CCCCC1. The first-order chi connectivity index (χ1) is 7.74. The van der Waals surface area contributed by atoms with Gasteiger partial charge in [0.05, 0.1) is 7.11 Å². The number of carbonyl (C=O) groups excluding carboxylic acids is 1. The highest BCUT2D eigenvalue weighted by Crippen LogP contribution is 2.10. The van der Waals surface area contributed by atoms with Crippen molar-refractivity contribution in [2.24, 2.45) is 5.73 Å². The van der Waals surface area contributed by atoms with E-state index in [1.807, 2.05) is 0 Å². The van der Waals surface area contributed by atoms with E-state index in [-0.39, 0.29) is 5.97 Å². The third-order valence-corrected chi connectivity index (χ3v) is 3.87. The first-order valence-electron chi connectivity index (χ1n) is 5.87. The minimum absolute atomic E-state index is 0.314. The third kappa shape index (κ3) is 5.18. The molecular weight excluding hydrogens is 224 g/mol. The summed E-state index contributed by atoms with van der Waals surface area (Å²) in [6, 6.07) is -0.476. The Morgan fingerprint density at radius 3 is 2.75 bits per heavy atom. The molecule has 1 aliphatic rings. The number of thioether (sulfide) groups is 1. The maximum Gasteiger partial charge on any atom is 0.323 e. The number of hydrogen-bond acceptors (Lipinski definition) is 5. The molecule has 1 atom stereocenters. The van der Waals surface area contributed by atoms with E-state index < -0.39 is 6.04 Å². The lowest BCUT2D eigenvalue weighted by Crippen LogP contribution is -2.35. The highest BCUT2D eigenvalue weighted by molar-refractivity contribution is 7.99. The van der Waals surface area contributed by atoms with Crippen LogP contribution < -0.4 is 5.73 Å². The Morgan fingerprint density at radius 1 is 1.44 bits per heavy atom. The van der Waals surface area contributed by atoms with Gasteiger partial charge in [0.2, 0.25) is 0 Å². The first kappa shape index (κ1) is 13.8. The van der Waals surface area contributed by atoms with Crippen LogP contribution in [0.5, 0.6) is 0 Å². The van der Waals surface area contributed by atoms with Gasteiger partial charge in [-0.1, -0.05) is 6.42 Å². The lowest BCUT2D eigenvalue weighted by atomic mass is 10.1. The molecule has 2 N–H and O–H groups in total. The van der Waals surface area contributed by atoms with Crippen molar-refractivity contribution in [1.82, 2.24) is 4.90 Å². The number of esters is 1. The summed E-state index contributed by atoms with van der Waals surface area (Å²) in [6.45, 7) is 3.56. The van der Waals surface area contributed by atoms with E-state index in [2.05, 4.69) is 9.64 Å². The number of nitrogens with two attached hydrogens (primary N) is 1. The van der Waals surface area contributed by atoms with Gasteiger partial charge in [0.15, 0.2) is 0 Å². The molecule has 1 rings (SSSR count). The van der Waals surface area contributed by atoms with Crippen LogP contribution in [0.4, 0.5) is 0 Å². The highest BCUT2D eigenvalue weighted by Gasteiger charge is 2.14. The number of hydrogen-bond donors (Lipinski definition) is 1. The molecule has 94 valence electrons. The summed E-state index contributed by atoms with van der Waals surface area (Å²) in [4.78, 5) is 13.5. The zero-order valence-electron chi connectivity index (χ0n) is 9.98. The number of rotatable bonds is 6. The molecule has 0 bridgehead atoms. The molecule has 4 nitrogen and oxygen atoms in total. The monoisotopic (exact) mass is 246 g/mol. The van der Waals surface area contributed by atoms with E-state index in [4.69, 9.17) is 5.73 Å². The van der Waals surface area contributed by atoms with Gasteiger partial charge in [-0.2, -0.15) is 11.8 Å².